The van der Waals surface area contributed by atoms with Crippen LogP contribution in [0.25, 0.3) is 0 Å². The zero-order valence-electron chi connectivity index (χ0n) is 9.47. The molecule has 1 fully saturated rings. The monoisotopic (exact) mass is 238 g/mol. The molecule has 7 nitrogen and oxygen atoms in total. The molecule has 0 bridgehead atoms. The van der Waals surface area contributed by atoms with E-state index in [4.69, 9.17) is 10.3 Å². The average Bonchev–Trinajstić information content (AvgIpc) is 2.90. The molecule has 2 rings (SSSR count). The number of nitrogens with one attached hydrogen (secondary N) is 1. The molecule has 1 aromatic heterocycles. The molecule has 0 atom stereocenters. The predicted octanol–water partition coefficient (Wildman–Crippen LogP) is -0.249. The Labute approximate surface area is 98.1 Å². The van der Waals surface area contributed by atoms with E-state index in [-0.39, 0.29) is 11.8 Å². The number of urea groups is 1. The molecule has 7 heteroatoms. The van der Waals surface area contributed by atoms with Crippen LogP contribution in [0.3, 0.4) is 0 Å². The third-order valence-electron chi connectivity index (χ3n) is 2.75. The summed E-state index contributed by atoms with van der Waals surface area (Å²) in [6, 6.07) is 1.61. The van der Waals surface area contributed by atoms with E-state index in [1.807, 2.05) is 5.43 Å². The summed E-state index contributed by atoms with van der Waals surface area (Å²) in [6.07, 6.45) is 1.41. The van der Waals surface area contributed by atoms with Gasteiger partial charge in [0, 0.05) is 25.7 Å². The normalized spacial score (nSPS) is 15.5. The summed E-state index contributed by atoms with van der Waals surface area (Å²) in [5.74, 6) is 4.69. The quantitative estimate of drug-likeness (QED) is 0.431. The minimum atomic E-state index is -0.495. The smallest absolute Gasteiger partial charge is 0.320 e. The lowest BCUT2D eigenvalue weighted by molar-refractivity contribution is 0.0923. The molecule has 17 heavy (non-hydrogen) atoms. The summed E-state index contributed by atoms with van der Waals surface area (Å²) in [5, 5.41) is 0. The van der Waals surface area contributed by atoms with E-state index in [1.54, 1.807) is 22.9 Å². The maximum Gasteiger partial charge on any atom is 0.320 e. The number of nitrogens with two attached hydrogens (primary N) is 1. The van der Waals surface area contributed by atoms with Crippen LogP contribution < -0.4 is 11.3 Å². The summed E-state index contributed by atoms with van der Waals surface area (Å²) in [5.41, 5.74) is 2.66. The molecule has 0 spiro atoms. The Balaban J connectivity index is 2.12. The largest absolute Gasteiger partial charge is 0.459 e. The van der Waals surface area contributed by atoms with Gasteiger partial charge < -0.3 is 14.2 Å². The number of furan rings is 1. The lowest BCUT2D eigenvalue weighted by Crippen LogP contribution is -2.32. The lowest BCUT2D eigenvalue weighted by atomic mass is 10.2. The van der Waals surface area contributed by atoms with Gasteiger partial charge in [0.05, 0.1) is 12.8 Å². The standard InChI is InChI=1S/C10H14N4O3/c1-13-3-4-14(10(13)16)6-7-2-5-17-8(7)9(15)12-11/h2,5H,3-4,6,11H2,1H3,(H,12,15). The molecule has 0 saturated carbocycles. The number of amides is 3. The Kier molecular flexibility index (Phi) is 3.01. The van der Waals surface area contributed by atoms with E-state index >= 15 is 0 Å². The van der Waals surface area contributed by atoms with E-state index < -0.39 is 5.91 Å². The van der Waals surface area contributed by atoms with E-state index in [9.17, 15) is 9.59 Å². The van der Waals surface area contributed by atoms with Crippen LogP contribution in [0.4, 0.5) is 4.79 Å². The summed E-state index contributed by atoms with van der Waals surface area (Å²) >= 11 is 0. The van der Waals surface area contributed by atoms with Crippen molar-refractivity contribution in [2.24, 2.45) is 5.84 Å². The number of hydrogen-bond acceptors (Lipinski definition) is 4. The number of likely N-dealkylation sites (N-methyl/N-ethyl adjacent to an activating group) is 1. The van der Waals surface area contributed by atoms with Gasteiger partial charge in [0.1, 0.15) is 0 Å². The Morgan fingerprint density at radius 2 is 2.35 bits per heavy atom. The summed E-state index contributed by atoms with van der Waals surface area (Å²) in [7, 11) is 1.74. The first-order chi connectivity index (χ1) is 8.13. The molecule has 0 aliphatic carbocycles. The van der Waals surface area contributed by atoms with Crippen LogP contribution in [-0.4, -0.2) is 41.9 Å². The van der Waals surface area contributed by atoms with Crippen molar-refractivity contribution in [3.63, 3.8) is 0 Å². The van der Waals surface area contributed by atoms with Crippen LogP contribution >= 0.6 is 0 Å². The van der Waals surface area contributed by atoms with Gasteiger partial charge in [0.2, 0.25) is 0 Å². The number of hydrazine groups is 1. The minimum Gasteiger partial charge on any atom is -0.459 e. The fourth-order valence-corrected chi connectivity index (χ4v) is 1.78. The van der Waals surface area contributed by atoms with Crippen LogP contribution in [-0.2, 0) is 6.54 Å². The molecule has 1 aliphatic rings. The second-order valence-electron chi connectivity index (χ2n) is 3.87. The molecule has 2 heterocycles. The van der Waals surface area contributed by atoms with Crippen LogP contribution in [0.5, 0.6) is 0 Å². The minimum absolute atomic E-state index is 0.0506. The molecule has 0 unspecified atom stereocenters. The zero-order valence-corrected chi connectivity index (χ0v) is 9.47. The van der Waals surface area contributed by atoms with Gasteiger partial charge in [-0.05, 0) is 6.07 Å². The van der Waals surface area contributed by atoms with E-state index in [0.717, 1.165) is 0 Å². The highest BCUT2D eigenvalue weighted by Gasteiger charge is 2.27. The average molecular weight is 238 g/mol. The highest BCUT2D eigenvalue weighted by molar-refractivity contribution is 5.92. The van der Waals surface area contributed by atoms with Crippen molar-refractivity contribution in [1.29, 1.82) is 0 Å². The molecule has 0 aromatic carbocycles. The van der Waals surface area contributed by atoms with Crippen LogP contribution in [0, 0.1) is 0 Å². The first-order valence-electron chi connectivity index (χ1n) is 5.21. The van der Waals surface area contributed by atoms with Gasteiger partial charge >= 0.3 is 11.9 Å². The van der Waals surface area contributed by atoms with Crippen LogP contribution in [0.1, 0.15) is 16.1 Å². The predicted molar refractivity (Wildman–Crippen MR) is 58.8 cm³/mol. The fraction of sp³-hybridized carbons (Fsp3) is 0.400. The zero-order chi connectivity index (χ0) is 12.4. The van der Waals surface area contributed by atoms with Crippen LogP contribution in [0.2, 0.25) is 0 Å². The molecular weight excluding hydrogens is 224 g/mol. The van der Waals surface area contributed by atoms with E-state index in [0.29, 0.717) is 25.2 Å². The van der Waals surface area contributed by atoms with Crippen molar-refractivity contribution in [1.82, 2.24) is 15.2 Å². The van der Waals surface area contributed by atoms with Crippen molar-refractivity contribution in [3.05, 3.63) is 23.7 Å². The second-order valence-corrected chi connectivity index (χ2v) is 3.87. The van der Waals surface area contributed by atoms with Gasteiger partial charge in [-0.15, -0.1) is 0 Å². The van der Waals surface area contributed by atoms with Crippen molar-refractivity contribution in [2.75, 3.05) is 20.1 Å². The Morgan fingerprint density at radius 1 is 1.59 bits per heavy atom. The summed E-state index contributed by atoms with van der Waals surface area (Å²) < 4.78 is 5.05. The SMILES string of the molecule is CN1CCN(Cc2ccoc2C(=O)NN)C1=O. The van der Waals surface area contributed by atoms with Gasteiger partial charge in [-0.2, -0.15) is 0 Å². The highest BCUT2D eigenvalue weighted by Crippen LogP contribution is 2.16. The first-order valence-corrected chi connectivity index (χ1v) is 5.21. The first kappa shape index (κ1) is 11.5. The van der Waals surface area contributed by atoms with Gasteiger partial charge in [0.25, 0.3) is 0 Å². The molecule has 1 aromatic rings. The van der Waals surface area contributed by atoms with Crippen molar-refractivity contribution < 1.29 is 14.0 Å². The number of nitrogens with zero attached hydrogens (tertiary/aromatic N) is 2. The third-order valence-corrected chi connectivity index (χ3v) is 2.75. The summed E-state index contributed by atoms with van der Waals surface area (Å²) in [4.78, 5) is 26.3. The lowest BCUT2D eigenvalue weighted by Gasteiger charge is -2.15. The van der Waals surface area contributed by atoms with E-state index in [2.05, 4.69) is 0 Å². The number of carbonyl (C=O) groups is 2. The van der Waals surface area contributed by atoms with Crippen molar-refractivity contribution in [3.8, 4) is 0 Å². The third kappa shape index (κ3) is 2.09. The number of nitrogen functional groups attached to an aromatic ring is 1. The molecule has 1 saturated heterocycles. The van der Waals surface area contributed by atoms with Gasteiger partial charge in [-0.25, -0.2) is 10.6 Å². The molecule has 3 N–H and O–H groups in total. The maximum atomic E-state index is 11.7. The topological polar surface area (TPSA) is 91.8 Å². The van der Waals surface area contributed by atoms with E-state index in [1.165, 1.54) is 6.26 Å². The van der Waals surface area contributed by atoms with Crippen molar-refractivity contribution in [2.45, 2.75) is 6.54 Å². The fourth-order valence-electron chi connectivity index (χ4n) is 1.78. The number of hydrogen-bond donors (Lipinski definition) is 2. The number of rotatable bonds is 3. The van der Waals surface area contributed by atoms with Crippen LogP contribution in [0.15, 0.2) is 16.7 Å². The molecule has 92 valence electrons. The van der Waals surface area contributed by atoms with Gasteiger partial charge in [-0.3, -0.25) is 10.2 Å². The van der Waals surface area contributed by atoms with Gasteiger partial charge in [-0.1, -0.05) is 0 Å². The highest BCUT2D eigenvalue weighted by atomic mass is 16.3. The molecular formula is C10H14N4O3. The number of carbonyl (C=O) groups excluding carboxylic acids is 2. The maximum absolute atomic E-state index is 11.7. The van der Waals surface area contributed by atoms with Crippen molar-refractivity contribution >= 4 is 11.9 Å². The molecule has 0 radical (unpaired) electrons. The molecule has 3 amide bonds. The Morgan fingerprint density at radius 3 is 2.94 bits per heavy atom. The second kappa shape index (κ2) is 4.46. The molecule has 1 aliphatic heterocycles. The Bertz CT molecular complexity index is 443. The summed E-state index contributed by atoms with van der Waals surface area (Å²) in [6.45, 7) is 1.68. The van der Waals surface area contributed by atoms with Gasteiger partial charge in [0.15, 0.2) is 5.76 Å². The Hall–Kier alpha value is -2.02.